The predicted molar refractivity (Wildman–Crippen MR) is 568 cm³/mol. The van der Waals surface area contributed by atoms with Crippen molar-refractivity contribution in [3.05, 3.63) is 302 Å². The number of carboxylic acids is 1. The average Bonchev–Trinajstić information content (AvgIpc) is 1.57. The van der Waals surface area contributed by atoms with Crippen LogP contribution in [-0.4, -0.2) is 137 Å². The van der Waals surface area contributed by atoms with Crippen molar-refractivity contribution in [1.29, 1.82) is 0 Å². The Morgan fingerprint density at radius 1 is 0.587 bits per heavy atom. The van der Waals surface area contributed by atoms with Crippen molar-refractivity contribution in [3.8, 4) is 0 Å². The molecule has 3 aromatic carbocycles. The molecule has 5 atom stereocenters. The summed E-state index contributed by atoms with van der Waals surface area (Å²) in [5.74, 6) is -12.9. The first-order valence-electron chi connectivity index (χ1n) is 36.5. The van der Waals surface area contributed by atoms with Crippen molar-refractivity contribution in [2.45, 2.75) is 150 Å². The summed E-state index contributed by atoms with van der Waals surface area (Å²) in [6.45, 7) is 21.0. The van der Waals surface area contributed by atoms with Gasteiger partial charge < -0.3 is 33.0 Å². The molecule has 7 aromatic heterocycles. The minimum absolute atomic E-state index is 0. The number of alkyl halides is 8. The van der Waals surface area contributed by atoms with Gasteiger partial charge in [-0.15, -0.1) is 47.1 Å². The summed E-state index contributed by atoms with van der Waals surface area (Å²) < 4.78 is 208. The van der Waals surface area contributed by atoms with Gasteiger partial charge in [-0.25, -0.2) is 82.2 Å². The molecule has 22 nitrogen and oxygen atoms in total. The Morgan fingerprint density at radius 2 is 0.920 bits per heavy atom. The third-order valence-corrected chi connectivity index (χ3v) is 27.6. The van der Waals surface area contributed by atoms with Crippen LogP contribution in [0.2, 0.25) is 0 Å². The minimum Gasteiger partial charge on any atom is -1.00 e. The molecule has 138 heavy (non-hydrogen) atoms. The quantitative estimate of drug-likeness (QED) is 0.00608. The molecule has 0 bridgehead atoms. The normalized spacial score (nSPS) is 12.8. The van der Waals surface area contributed by atoms with Crippen molar-refractivity contribution in [1.82, 2.24) is 39.7 Å². The Labute approximate surface area is 975 Å². The van der Waals surface area contributed by atoms with E-state index in [0.29, 0.717) is 76.9 Å². The number of benzene rings is 3. The van der Waals surface area contributed by atoms with Crippen molar-refractivity contribution in [3.63, 3.8) is 0 Å². The summed E-state index contributed by atoms with van der Waals surface area (Å²) in [5, 5.41) is 30.2. The Hall–Kier alpha value is -1.32. The largest absolute Gasteiger partial charge is 2.00 e. The van der Waals surface area contributed by atoms with E-state index >= 15 is 0 Å². The molecule has 0 saturated carbocycles. The van der Waals surface area contributed by atoms with Crippen LogP contribution < -0.4 is 27.9 Å². The van der Waals surface area contributed by atoms with Crippen LogP contribution in [0.1, 0.15) is 170 Å². The van der Waals surface area contributed by atoms with Gasteiger partial charge in [0.2, 0.25) is 0 Å². The van der Waals surface area contributed by atoms with Gasteiger partial charge in [-0.3, -0.25) is 23.6 Å². The molecule has 0 amide bonds. The van der Waals surface area contributed by atoms with Gasteiger partial charge in [0.25, 0.3) is 23.4 Å². The van der Waals surface area contributed by atoms with Gasteiger partial charge in [-0.2, -0.15) is 30.8 Å². The predicted octanol–water partition coefficient (Wildman–Crippen LogP) is 25.8. The number of nitrogens with zero attached hydrogens (tertiary/aromatic N) is 11. The zero-order valence-corrected chi connectivity index (χ0v) is 104. The number of thiol groups is 1. The molecule has 762 valence electrons. The Kier molecular flexibility index (Phi) is 74.3. The number of halogens is 29. The summed E-state index contributed by atoms with van der Waals surface area (Å²) in [6.07, 6.45) is -3.19. The average molecular weight is 3140 g/mol. The van der Waals surface area contributed by atoms with Gasteiger partial charge in [-0.1, -0.05) is 31.9 Å². The van der Waals surface area contributed by atoms with E-state index in [9.17, 15) is 74.9 Å². The fraction of sp³-hybridized carbons (Fsp3) is 0.312. The zero-order valence-electron chi connectivity index (χ0n) is 72.6. The Morgan fingerprint density at radius 3 is 1.26 bits per heavy atom. The summed E-state index contributed by atoms with van der Waals surface area (Å²) >= 11 is 49.6. The number of carbonyl (C=O) groups excluding carboxylic acids is 1. The molecule has 6 N–H and O–H groups in total. The van der Waals surface area contributed by atoms with Gasteiger partial charge >= 0.3 is 53.8 Å². The number of aromatic nitrogens is 8. The Bertz CT molecular complexity index is 5600. The number of carboxylic acid groups (broad SMARTS) is 1. The second-order valence-corrected chi connectivity index (χ2v) is 48.3. The zero-order chi connectivity index (χ0) is 102. The fourth-order valence-corrected chi connectivity index (χ4v) is 16.7. The molecule has 0 aliphatic heterocycles. The van der Waals surface area contributed by atoms with Crippen LogP contribution in [-0.2, 0) is 91.2 Å². The van der Waals surface area contributed by atoms with E-state index in [1.54, 1.807) is 24.3 Å². The third kappa shape index (κ3) is 57.5. The van der Waals surface area contributed by atoms with Crippen molar-refractivity contribution < 1.29 is 130 Å². The van der Waals surface area contributed by atoms with Crippen LogP contribution in [0.5, 0.6) is 0 Å². The number of aliphatic carboxylic acids is 1. The molecule has 0 unspecified atom stereocenters. The maximum atomic E-state index is 13.7. The molecule has 0 fully saturated rings. The molecular weight excluding hydrogens is 3060 g/mol. The van der Waals surface area contributed by atoms with Gasteiger partial charge in [0.15, 0.2) is 6.29 Å². The standard InChI is InChI=1S/C18H19Br2F2NOS.C13H10Br2F2N2.C10H12Br2N2OS.C10H8F6N2O2.C7H5F2.C6H3Br4N.C6H3Br2NO.C6H5Br2N.C4H11NOS.Ag.BHNS.BrH.2ClH.Mg.HNO3/c1-18(2,3)25(24)10-12(17-15(19)4-5-16(20)23-17)6-11-7-13(21)9-14(22)8-11;14-10-1-2-12(15)19-13(10)11(18)5-7-3-8(16)6-9(17)4-7;1-10(2,3)16(15)13-6-8-7(11)4-5-9(12)14-8;11-8(12)6-5-7(18(17-6)3-4(19)20)10(15,16)2-1-9(5,13)14;1-5-2-6(8)4-7(9)3-5;7-3-1-2-4(8)11-5(3)6(9)10;7-4-1-2-6(8)9-5(4)3-10;1-4-5(7)2-3-6(8)9-4;1-4(2,3)7(5)6;;1-2-3;;;;;2-1(3)4/h4-5,7-9,12H,6,10H2,1-3H3;1-4,6,11H,5,18H2;4-6H,1-3H3;8H,1-3H2,(H,19,20);2-4H,1H2;1-2,6H;1-3H;2-3H,1H3;5H2,1-3H3;;3H;3*1H;;(H,2,3,4)/q;;;;-1;;;;;;;;;;+2;/p-1/t12-,25-;11-;16-;;;;;;7-;;;;;;;/m100.....0......./s1. The smallest absolute Gasteiger partial charge is 1.00 e. The maximum Gasteiger partial charge on any atom is 2.00 e. The molecule has 1 aliphatic carbocycles. The van der Waals surface area contributed by atoms with Crippen LogP contribution in [0.4, 0.5) is 52.7 Å². The number of pyridine rings is 6. The minimum atomic E-state index is -3.89. The molecule has 58 heteroatoms. The molecular formula is C80H80AgBBr15Cl2F12MgN13O9S4. The number of fused-ring (bicyclic) bond motifs is 1. The summed E-state index contributed by atoms with van der Waals surface area (Å²) in [6, 6.07) is 31.7. The second kappa shape index (κ2) is 70.6. The summed E-state index contributed by atoms with van der Waals surface area (Å²) in [7, 11) is 0.763. The van der Waals surface area contributed by atoms with E-state index < -0.39 is 139 Å². The molecule has 11 rings (SSSR count). The van der Waals surface area contributed by atoms with Gasteiger partial charge in [0.05, 0.1) is 78.4 Å². The van der Waals surface area contributed by atoms with Crippen LogP contribution in [0.3, 0.4) is 0 Å². The molecule has 0 saturated heterocycles. The molecule has 7 heterocycles. The fourth-order valence-electron chi connectivity index (χ4n) is 9.34. The van der Waals surface area contributed by atoms with E-state index in [4.69, 9.17) is 31.3 Å². The van der Waals surface area contributed by atoms with Gasteiger partial charge in [0, 0.05) is 101 Å². The van der Waals surface area contributed by atoms with Crippen molar-refractivity contribution >= 4 is 343 Å². The molecule has 1 aliphatic rings. The number of nitrogens with two attached hydrogens (primary N) is 2. The van der Waals surface area contributed by atoms with E-state index in [2.05, 4.69) is 294 Å². The number of hydrogen-bond donors (Lipinski definition) is 5. The summed E-state index contributed by atoms with van der Waals surface area (Å²) in [4.78, 5) is 54.4. The van der Waals surface area contributed by atoms with E-state index in [1.807, 2.05) is 118 Å². The van der Waals surface area contributed by atoms with E-state index in [1.165, 1.54) is 42.6 Å². The molecule has 0 spiro atoms. The third-order valence-electron chi connectivity index (χ3n) is 15.3. The maximum absolute atomic E-state index is 13.7. The first-order valence-corrected chi connectivity index (χ1v) is 51.9. The van der Waals surface area contributed by atoms with Gasteiger partial charge in [0.1, 0.15) is 89.2 Å². The van der Waals surface area contributed by atoms with E-state index in [-0.39, 0.29) is 116 Å². The monoisotopic (exact) mass is 3120 g/mol. The Balaban J connectivity index is -0.000000485. The molecule has 2 radical (unpaired) electrons. The number of rotatable bonds is 15. The topological polar surface area (TPSA) is 341 Å². The number of hydrogen-bond acceptors (Lipinski definition) is 17. The van der Waals surface area contributed by atoms with E-state index in [0.717, 1.165) is 71.5 Å². The van der Waals surface area contributed by atoms with Crippen LogP contribution in [0.25, 0.3) is 0 Å². The van der Waals surface area contributed by atoms with Crippen LogP contribution in [0.15, 0.2) is 191 Å². The number of carbonyl (C=O) groups is 2. The van der Waals surface area contributed by atoms with Crippen LogP contribution >= 0.6 is 261 Å². The number of aryl methyl sites for hydroxylation is 1. The van der Waals surface area contributed by atoms with Crippen LogP contribution in [0, 0.1) is 58.9 Å². The molecule has 10 aromatic rings. The summed E-state index contributed by atoms with van der Waals surface area (Å²) in [5.41, 5.74) is 7.29. The van der Waals surface area contributed by atoms with Gasteiger partial charge in [-0.05, 0) is 387 Å². The first kappa shape index (κ1) is 145. The first-order chi connectivity index (χ1) is 61.2. The number of aldehydes is 1. The second-order valence-electron chi connectivity index (χ2n) is 29.0. The van der Waals surface area contributed by atoms with Crippen molar-refractivity contribution in [2.24, 2.45) is 19.6 Å². The SMILES string of the molecule is Brc1ccc(Br)c(C(Br)Br)n1.CC(C)(C)[S@@](N)=O.CC(C)(C)[S@](=O)C[C@@H](Cc1cc(F)cc(F)c1)c1nc(Br)ccc1Br.CC(C)(C)[S@](=O)N=Cc1nc(Br)ccc1Br.Cc1nc(Br)ccc1Br.Cl.Cl.N[C@@H](Cc1cc(F)cc(F)c1)c1nc(Br)ccc1Br.O=C(O)Cn1nc(C(F)F)c2c1C(F)(F)CCC2(F)F.O=Cc1nc(Br)ccc1Br.O=[N+]([O-])O.[Ag].[B]=NS.[Br-].[CH2-]c1cc(F)cc(F)c1.[Mg+2]. The van der Waals surface area contributed by atoms with Crippen molar-refractivity contribution in [2.75, 3.05) is 5.75 Å².